The Morgan fingerprint density at radius 3 is 2.53 bits per heavy atom. The van der Waals surface area contributed by atoms with Crippen LogP contribution in [0.5, 0.6) is 5.75 Å². The van der Waals surface area contributed by atoms with E-state index in [-0.39, 0.29) is 16.7 Å². The van der Waals surface area contributed by atoms with Crippen molar-refractivity contribution >= 4 is 22.3 Å². The fraction of sp³-hybridized carbons (Fsp3) is 0.100. The van der Waals surface area contributed by atoms with E-state index in [1.807, 2.05) is 0 Å². The minimum absolute atomic E-state index is 0.0167. The van der Waals surface area contributed by atoms with Crippen molar-refractivity contribution in [2.24, 2.45) is 10.4 Å². The molecular formula is C10H6N2O5. The van der Waals surface area contributed by atoms with Gasteiger partial charge in [-0.1, -0.05) is 0 Å². The second-order valence-electron chi connectivity index (χ2n) is 3.40. The third-order valence-electron chi connectivity index (χ3n) is 2.35. The number of benzene rings is 1. The largest absolute Gasteiger partial charge is 0.504 e. The number of aromatic hydroxyl groups is 1. The molecule has 0 unspecified atom stereocenters. The van der Waals surface area contributed by atoms with E-state index in [0.29, 0.717) is 5.56 Å². The predicted molar refractivity (Wildman–Crippen MR) is 59.8 cm³/mol. The van der Waals surface area contributed by atoms with Gasteiger partial charge in [-0.2, -0.15) is 0 Å². The molecule has 0 aliphatic carbocycles. The molecule has 0 saturated heterocycles. The van der Waals surface area contributed by atoms with Gasteiger partial charge in [0.15, 0.2) is 17.1 Å². The lowest BCUT2D eigenvalue weighted by Crippen LogP contribution is -1.97. The molecule has 2 rings (SSSR count). The van der Waals surface area contributed by atoms with Gasteiger partial charge < -0.3 is 9.52 Å². The Balaban J connectivity index is 3.08. The molecule has 0 saturated carbocycles. The molecular weight excluding hydrogens is 228 g/mol. The second-order valence-corrected chi connectivity index (χ2v) is 3.40. The van der Waals surface area contributed by atoms with Crippen molar-refractivity contribution in [1.29, 1.82) is 0 Å². The zero-order valence-electron chi connectivity index (χ0n) is 8.63. The summed E-state index contributed by atoms with van der Waals surface area (Å²) in [5, 5.41) is 14.9. The van der Waals surface area contributed by atoms with Gasteiger partial charge in [0.25, 0.3) is 0 Å². The third kappa shape index (κ3) is 1.57. The first-order valence-corrected chi connectivity index (χ1v) is 4.55. The predicted octanol–water partition coefficient (Wildman–Crippen LogP) is 2.60. The van der Waals surface area contributed by atoms with Crippen molar-refractivity contribution in [2.75, 3.05) is 0 Å². The Kier molecular flexibility index (Phi) is 2.43. The summed E-state index contributed by atoms with van der Waals surface area (Å²) in [6.45, 7) is 1.56. The first kappa shape index (κ1) is 10.9. The molecule has 1 heterocycles. The van der Waals surface area contributed by atoms with Crippen molar-refractivity contribution in [3.8, 4) is 5.75 Å². The maximum Gasteiger partial charge on any atom is 0.336 e. The van der Waals surface area contributed by atoms with Crippen LogP contribution in [0.1, 0.15) is 5.56 Å². The summed E-state index contributed by atoms with van der Waals surface area (Å²) in [4.78, 5) is 32.3. The highest BCUT2D eigenvalue weighted by molar-refractivity contribution is 5.97. The first-order chi connectivity index (χ1) is 8.08. The molecule has 0 aliphatic heterocycles. The number of phenols is 1. The highest BCUT2D eigenvalue weighted by atomic mass is 16.4. The smallest absolute Gasteiger partial charge is 0.336 e. The number of hydrogen-bond donors (Lipinski definition) is 1. The first-order valence-electron chi connectivity index (χ1n) is 4.55. The van der Waals surface area contributed by atoms with Crippen molar-refractivity contribution in [3.05, 3.63) is 37.9 Å². The van der Waals surface area contributed by atoms with Gasteiger partial charge in [-0.15, -0.1) is 9.81 Å². The summed E-state index contributed by atoms with van der Waals surface area (Å²) < 4.78 is 4.82. The summed E-state index contributed by atoms with van der Waals surface area (Å²) in [6, 6.07) is 2.24. The maximum absolute atomic E-state index is 11.1. The normalized spacial score (nSPS) is 10.4. The Morgan fingerprint density at radius 1 is 1.24 bits per heavy atom. The van der Waals surface area contributed by atoms with E-state index in [1.165, 1.54) is 0 Å². The van der Waals surface area contributed by atoms with Crippen LogP contribution >= 0.6 is 0 Å². The van der Waals surface area contributed by atoms with Gasteiger partial charge in [-0.05, 0) is 22.8 Å². The number of fused-ring (bicyclic) bond motifs is 1. The molecule has 0 amide bonds. The molecule has 0 fully saturated rings. The summed E-state index contributed by atoms with van der Waals surface area (Å²) in [5.74, 6) is -0.626. The van der Waals surface area contributed by atoms with E-state index < -0.39 is 17.1 Å². The molecule has 0 spiro atoms. The van der Waals surface area contributed by atoms with E-state index in [0.717, 1.165) is 12.1 Å². The topological polar surface area (TPSA) is 109 Å². The summed E-state index contributed by atoms with van der Waals surface area (Å²) in [6.07, 6.45) is 0. The lowest BCUT2D eigenvalue weighted by molar-refractivity contribution is 0.478. The van der Waals surface area contributed by atoms with Gasteiger partial charge >= 0.3 is 5.63 Å². The molecule has 7 heteroatoms. The fourth-order valence-electron chi connectivity index (χ4n) is 1.63. The third-order valence-corrected chi connectivity index (χ3v) is 2.35. The summed E-state index contributed by atoms with van der Waals surface area (Å²) in [7, 11) is 0. The molecule has 0 radical (unpaired) electrons. The van der Waals surface area contributed by atoms with Gasteiger partial charge in [0, 0.05) is 12.1 Å². The number of aryl methyl sites for hydroxylation is 1. The van der Waals surface area contributed by atoms with E-state index in [1.54, 1.807) is 6.92 Å². The van der Waals surface area contributed by atoms with E-state index in [9.17, 15) is 19.7 Å². The van der Waals surface area contributed by atoms with Gasteiger partial charge in [-0.3, -0.25) is 0 Å². The number of phenolic OH excluding ortho intramolecular Hbond substituents is 1. The van der Waals surface area contributed by atoms with Crippen molar-refractivity contribution < 1.29 is 9.52 Å². The molecule has 0 aliphatic rings. The van der Waals surface area contributed by atoms with E-state index >= 15 is 0 Å². The minimum Gasteiger partial charge on any atom is -0.504 e. The number of nitrogens with zero attached hydrogens (tertiary/aromatic N) is 2. The van der Waals surface area contributed by atoms with Crippen LogP contribution in [0.25, 0.3) is 11.0 Å². The lowest BCUT2D eigenvalue weighted by Gasteiger charge is -2.05. The van der Waals surface area contributed by atoms with Crippen molar-refractivity contribution in [3.63, 3.8) is 0 Å². The number of nitroso groups, excluding NO2 is 2. The number of rotatable bonds is 2. The van der Waals surface area contributed by atoms with Crippen molar-refractivity contribution in [1.82, 2.24) is 0 Å². The zero-order chi connectivity index (χ0) is 12.6. The van der Waals surface area contributed by atoms with Gasteiger partial charge in [0.2, 0.25) is 0 Å². The Hall–Kier alpha value is -2.57. The molecule has 7 nitrogen and oxygen atoms in total. The van der Waals surface area contributed by atoms with E-state index in [2.05, 4.69) is 10.4 Å². The average molecular weight is 234 g/mol. The fourth-order valence-corrected chi connectivity index (χ4v) is 1.63. The standard InChI is InChI=1S/C10H6N2O5/c1-4-2-7(13)17-6-3-5(11-15)10(14)9(12-16)8(4)6/h2-3,14H,1H3. The van der Waals surface area contributed by atoms with Crippen molar-refractivity contribution in [2.45, 2.75) is 6.92 Å². The summed E-state index contributed by atoms with van der Waals surface area (Å²) >= 11 is 0. The van der Waals surface area contributed by atoms with Gasteiger partial charge in [-0.25, -0.2) is 4.79 Å². The molecule has 1 aromatic heterocycles. The summed E-state index contributed by atoms with van der Waals surface area (Å²) in [5.41, 5.74) is -0.996. The Morgan fingerprint density at radius 2 is 1.94 bits per heavy atom. The minimum atomic E-state index is -0.630. The molecule has 2 aromatic rings. The average Bonchev–Trinajstić information content (AvgIpc) is 2.29. The Labute approximate surface area is 93.6 Å². The quantitative estimate of drug-likeness (QED) is 0.634. The van der Waals surface area contributed by atoms with Crippen LogP contribution in [0.4, 0.5) is 11.4 Å². The lowest BCUT2D eigenvalue weighted by atomic mass is 10.1. The van der Waals surface area contributed by atoms with Crippen LogP contribution in [-0.2, 0) is 0 Å². The number of hydrogen-bond acceptors (Lipinski definition) is 7. The monoisotopic (exact) mass is 234 g/mol. The molecule has 0 bridgehead atoms. The van der Waals surface area contributed by atoms with Gasteiger partial charge in [0.05, 0.1) is 5.39 Å². The Bertz CT molecular complexity index is 689. The zero-order valence-corrected chi connectivity index (χ0v) is 8.63. The molecule has 17 heavy (non-hydrogen) atoms. The molecule has 1 aromatic carbocycles. The SMILES string of the molecule is Cc1cc(=O)oc2cc(N=O)c(O)c(N=O)c12. The highest BCUT2D eigenvalue weighted by Gasteiger charge is 2.17. The highest BCUT2D eigenvalue weighted by Crippen LogP contribution is 2.43. The van der Waals surface area contributed by atoms with Crippen LogP contribution in [0.3, 0.4) is 0 Å². The van der Waals surface area contributed by atoms with Gasteiger partial charge in [0.1, 0.15) is 5.58 Å². The van der Waals surface area contributed by atoms with E-state index in [4.69, 9.17) is 4.42 Å². The molecule has 0 atom stereocenters. The second kappa shape index (κ2) is 3.78. The van der Waals surface area contributed by atoms with Crippen LogP contribution in [0.15, 0.2) is 31.7 Å². The van der Waals surface area contributed by atoms with Crippen LogP contribution in [0.2, 0.25) is 0 Å². The molecule has 1 N–H and O–H groups in total. The van der Waals surface area contributed by atoms with Crippen LogP contribution < -0.4 is 5.63 Å². The maximum atomic E-state index is 11.1. The van der Waals surface area contributed by atoms with Crippen LogP contribution in [0, 0.1) is 16.7 Å². The molecule has 86 valence electrons. The van der Waals surface area contributed by atoms with Crippen LogP contribution in [-0.4, -0.2) is 5.11 Å².